The second kappa shape index (κ2) is 11.2. The van der Waals surface area contributed by atoms with Crippen LogP contribution in [-0.4, -0.2) is 15.0 Å². The molecule has 0 aliphatic heterocycles. The highest BCUT2D eigenvalue weighted by molar-refractivity contribution is 7.25. The molecule has 0 aliphatic rings. The maximum Gasteiger partial charge on any atom is 0.164 e. The number of rotatable bonds is 4. The van der Waals surface area contributed by atoms with Gasteiger partial charge in [0.15, 0.2) is 17.5 Å². The first-order valence-corrected chi connectivity index (χ1v) is 17.3. The first-order chi connectivity index (χ1) is 24.3. The first kappa shape index (κ1) is 27.8. The van der Waals surface area contributed by atoms with Gasteiger partial charge in [-0.25, -0.2) is 15.0 Å². The summed E-state index contributed by atoms with van der Waals surface area (Å²) in [5, 5.41) is 9.65. The molecule has 0 aliphatic carbocycles. The summed E-state index contributed by atoms with van der Waals surface area (Å²) >= 11 is 1.80. The topological polar surface area (TPSA) is 38.7 Å². The summed E-state index contributed by atoms with van der Waals surface area (Å²) in [6, 6.07) is 58.0. The van der Waals surface area contributed by atoms with Crippen LogP contribution in [0.15, 0.2) is 164 Å². The Kier molecular flexibility index (Phi) is 6.36. The number of thiophene rings is 1. The van der Waals surface area contributed by atoms with E-state index in [2.05, 4.69) is 158 Å². The fraction of sp³-hybridized carbons (Fsp3) is 0. The molecular weight excluding hydrogens is 615 g/mol. The molecule has 0 saturated carbocycles. The average Bonchev–Trinajstić information content (AvgIpc) is 3.55. The van der Waals surface area contributed by atoms with Gasteiger partial charge >= 0.3 is 0 Å². The van der Waals surface area contributed by atoms with Crippen molar-refractivity contribution in [2.24, 2.45) is 0 Å². The van der Waals surface area contributed by atoms with E-state index in [0.29, 0.717) is 17.5 Å². The molecule has 0 amide bonds. The molecule has 3 nitrogen and oxygen atoms in total. The van der Waals surface area contributed by atoms with Crippen molar-refractivity contribution >= 4 is 63.8 Å². The van der Waals surface area contributed by atoms with Gasteiger partial charge in [-0.3, -0.25) is 0 Å². The van der Waals surface area contributed by atoms with E-state index < -0.39 is 0 Å². The minimum absolute atomic E-state index is 0.651. The quantitative estimate of drug-likeness (QED) is 0.180. The molecule has 0 atom stereocenters. The van der Waals surface area contributed by atoms with E-state index in [0.717, 1.165) is 33.2 Å². The third kappa shape index (κ3) is 4.61. The fourth-order valence-electron chi connectivity index (χ4n) is 7.20. The molecule has 0 saturated heterocycles. The first-order valence-electron chi connectivity index (χ1n) is 16.4. The van der Waals surface area contributed by atoms with Gasteiger partial charge < -0.3 is 0 Å². The molecular formula is C45H27N3S. The lowest BCUT2D eigenvalue weighted by Gasteiger charge is -2.15. The summed E-state index contributed by atoms with van der Waals surface area (Å²) in [5.41, 5.74) is 5.13. The molecule has 10 rings (SSSR count). The van der Waals surface area contributed by atoms with E-state index >= 15 is 0 Å². The van der Waals surface area contributed by atoms with E-state index in [1.165, 1.54) is 47.1 Å². The van der Waals surface area contributed by atoms with Crippen LogP contribution in [0.4, 0.5) is 0 Å². The highest BCUT2D eigenvalue weighted by atomic mass is 32.1. The summed E-state index contributed by atoms with van der Waals surface area (Å²) in [4.78, 5) is 15.8. The maximum atomic E-state index is 5.30. The van der Waals surface area contributed by atoms with Gasteiger partial charge in [-0.1, -0.05) is 146 Å². The Hall–Kier alpha value is -6.23. The normalized spacial score (nSPS) is 11.7. The summed E-state index contributed by atoms with van der Waals surface area (Å²) in [6.45, 7) is 0. The number of hydrogen-bond donors (Lipinski definition) is 0. The Balaban J connectivity index is 1.27. The second-order valence-corrected chi connectivity index (χ2v) is 13.5. The van der Waals surface area contributed by atoms with E-state index in [9.17, 15) is 0 Å². The monoisotopic (exact) mass is 641 g/mol. The summed E-state index contributed by atoms with van der Waals surface area (Å²) in [6.07, 6.45) is 0. The Morgan fingerprint density at radius 1 is 0.306 bits per heavy atom. The third-order valence-corrected chi connectivity index (χ3v) is 10.7. The molecule has 228 valence electrons. The predicted molar refractivity (Wildman–Crippen MR) is 207 cm³/mol. The summed E-state index contributed by atoms with van der Waals surface area (Å²) in [5.74, 6) is 1.97. The van der Waals surface area contributed by atoms with Crippen molar-refractivity contribution in [2.45, 2.75) is 0 Å². The lowest BCUT2D eigenvalue weighted by atomic mass is 9.93. The van der Waals surface area contributed by atoms with Crippen LogP contribution in [0, 0.1) is 0 Å². The van der Waals surface area contributed by atoms with Gasteiger partial charge in [-0.2, -0.15) is 0 Å². The highest BCUT2D eigenvalue weighted by Crippen LogP contribution is 2.40. The molecule has 0 unspecified atom stereocenters. The van der Waals surface area contributed by atoms with Crippen LogP contribution >= 0.6 is 11.3 Å². The smallest absolute Gasteiger partial charge is 0.164 e. The van der Waals surface area contributed by atoms with Crippen molar-refractivity contribution in [3.8, 4) is 45.3 Å². The van der Waals surface area contributed by atoms with Gasteiger partial charge in [-0.05, 0) is 61.6 Å². The Morgan fingerprint density at radius 2 is 0.898 bits per heavy atom. The minimum atomic E-state index is 0.651. The van der Waals surface area contributed by atoms with Gasteiger partial charge in [0.25, 0.3) is 0 Å². The molecule has 49 heavy (non-hydrogen) atoms. The van der Waals surface area contributed by atoms with Gasteiger partial charge in [-0.15, -0.1) is 11.3 Å². The molecule has 10 aromatic rings. The van der Waals surface area contributed by atoms with E-state index in [1.807, 2.05) is 6.07 Å². The number of fused-ring (bicyclic) bond motifs is 8. The number of aromatic nitrogens is 3. The zero-order valence-corrected chi connectivity index (χ0v) is 27.2. The van der Waals surface area contributed by atoms with Crippen LogP contribution in [0.1, 0.15) is 0 Å². The zero-order chi connectivity index (χ0) is 32.3. The van der Waals surface area contributed by atoms with Gasteiger partial charge in [0, 0.05) is 36.9 Å². The lowest BCUT2D eigenvalue weighted by molar-refractivity contribution is 1.08. The molecule has 4 heteroatoms. The average molecular weight is 642 g/mol. The lowest BCUT2D eigenvalue weighted by Crippen LogP contribution is -2.01. The molecule has 0 spiro atoms. The van der Waals surface area contributed by atoms with Crippen molar-refractivity contribution in [3.63, 3.8) is 0 Å². The Morgan fingerprint density at radius 3 is 1.76 bits per heavy atom. The van der Waals surface area contributed by atoms with Crippen molar-refractivity contribution in [1.29, 1.82) is 0 Å². The zero-order valence-electron chi connectivity index (χ0n) is 26.3. The molecule has 2 heterocycles. The van der Waals surface area contributed by atoms with Gasteiger partial charge in [0.05, 0.1) is 0 Å². The number of benzene rings is 8. The summed E-state index contributed by atoms with van der Waals surface area (Å²) < 4.78 is 2.49. The van der Waals surface area contributed by atoms with Crippen molar-refractivity contribution in [2.75, 3.05) is 0 Å². The van der Waals surface area contributed by atoms with Crippen LogP contribution in [0.3, 0.4) is 0 Å². The second-order valence-electron chi connectivity index (χ2n) is 12.4. The van der Waals surface area contributed by atoms with Crippen LogP contribution in [-0.2, 0) is 0 Å². The summed E-state index contributed by atoms with van der Waals surface area (Å²) in [7, 11) is 0. The fourth-order valence-corrected chi connectivity index (χ4v) is 8.35. The highest BCUT2D eigenvalue weighted by Gasteiger charge is 2.19. The van der Waals surface area contributed by atoms with Crippen LogP contribution in [0.2, 0.25) is 0 Å². The molecule has 0 N–H and O–H groups in total. The number of nitrogens with zero attached hydrogens (tertiary/aromatic N) is 3. The molecule has 8 aromatic carbocycles. The van der Waals surface area contributed by atoms with E-state index in [4.69, 9.17) is 15.0 Å². The standard InChI is InChI=1S/C45H27N3S/c1-2-12-28(13-3-1)31-15-6-9-20-38(31)44-46-43(30-23-25-37-36-19-10-11-21-41(36)49-42(37)26-30)47-45(48-44)40-27-39-32-16-5-4-14-29(32)22-24-35(39)33-17-7-8-18-34(33)40/h1-27H. The molecule has 0 fully saturated rings. The SMILES string of the molecule is c1ccc(-c2ccccc2-c2nc(-c3ccc4c(c3)sc3ccccc34)nc(-c3cc4c5ccccc5ccc4c4ccccc34)n2)cc1. The maximum absolute atomic E-state index is 5.30. The van der Waals surface area contributed by atoms with Gasteiger partial charge in [0.1, 0.15) is 0 Å². The van der Waals surface area contributed by atoms with Crippen LogP contribution in [0.25, 0.3) is 97.8 Å². The predicted octanol–water partition coefficient (Wildman–Crippen LogP) is 12.4. The molecule has 0 radical (unpaired) electrons. The van der Waals surface area contributed by atoms with E-state index in [-0.39, 0.29) is 0 Å². The van der Waals surface area contributed by atoms with Crippen molar-refractivity contribution in [3.05, 3.63) is 164 Å². The van der Waals surface area contributed by atoms with Crippen molar-refractivity contribution in [1.82, 2.24) is 15.0 Å². The Bertz CT molecular complexity index is 2890. The minimum Gasteiger partial charge on any atom is -0.208 e. The van der Waals surface area contributed by atoms with Crippen LogP contribution in [0.5, 0.6) is 0 Å². The van der Waals surface area contributed by atoms with Crippen molar-refractivity contribution < 1.29 is 0 Å². The number of hydrogen-bond acceptors (Lipinski definition) is 4. The Labute approximate surface area is 286 Å². The largest absolute Gasteiger partial charge is 0.208 e. The third-order valence-electron chi connectivity index (χ3n) is 9.53. The van der Waals surface area contributed by atoms with Crippen LogP contribution < -0.4 is 0 Å². The molecule has 2 aromatic heterocycles. The van der Waals surface area contributed by atoms with Gasteiger partial charge in [0.2, 0.25) is 0 Å². The van der Waals surface area contributed by atoms with E-state index in [1.54, 1.807) is 11.3 Å². The molecule has 0 bridgehead atoms.